The zero-order valence-corrected chi connectivity index (χ0v) is 17.2. The number of carbonyl (C=O) groups excluding carboxylic acids is 3. The molecule has 1 heterocycles. The van der Waals surface area contributed by atoms with Crippen LogP contribution in [0, 0.1) is 5.92 Å². The Morgan fingerprint density at radius 1 is 1.00 bits per heavy atom. The van der Waals surface area contributed by atoms with Crippen molar-refractivity contribution in [2.24, 2.45) is 16.8 Å². The number of esters is 1. The summed E-state index contributed by atoms with van der Waals surface area (Å²) in [7, 11) is 0. The summed E-state index contributed by atoms with van der Waals surface area (Å²) in [5.41, 5.74) is 7.08. The summed E-state index contributed by atoms with van der Waals surface area (Å²) in [5.74, 6) is -2.37. The van der Waals surface area contributed by atoms with Gasteiger partial charge in [-0.1, -0.05) is 60.7 Å². The maximum absolute atomic E-state index is 13.5. The number of nitrogens with two attached hydrogens (primary N) is 1. The van der Waals surface area contributed by atoms with Crippen LogP contribution < -0.4 is 5.73 Å². The van der Waals surface area contributed by atoms with E-state index in [9.17, 15) is 14.4 Å². The van der Waals surface area contributed by atoms with Crippen LogP contribution in [0.15, 0.2) is 65.8 Å². The summed E-state index contributed by atoms with van der Waals surface area (Å²) >= 11 is 0. The second kappa shape index (κ2) is 8.90. The first-order valence-corrected chi connectivity index (χ1v) is 9.79. The molecule has 3 unspecified atom stereocenters. The van der Waals surface area contributed by atoms with Crippen molar-refractivity contribution in [1.82, 2.24) is 5.01 Å². The zero-order valence-electron chi connectivity index (χ0n) is 17.2. The number of benzene rings is 2. The number of urea groups is 1. The van der Waals surface area contributed by atoms with E-state index in [0.29, 0.717) is 11.3 Å². The lowest BCUT2D eigenvalue weighted by Crippen LogP contribution is -2.55. The molecule has 2 amide bonds. The van der Waals surface area contributed by atoms with Crippen LogP contribution in [-0.4, -0.2) is 40.7 Å². The monoisotopic (exact) mass is 407 g/mol. The number of primary amides is 1. The minimum atomic E-state index is -1.08. The molecule has 0 fully saturated rings. The molecule has 30 heavy (non-hydrogen) atoms. The second-order valence-corrected chi connectivity index (χ2v) is 7.50. The lowest BCUT2D eigenvalue weighted by atomic mass is 9.74. The zero-order chi connectivity index (χ0) is 21.8. The van der Waals surface area contributed by atoms with Crippen molar-refractivity contribution in [3.05, 3.63) is 71.8 Å². The average molecular weight is 407 g/mol. The molecule has 2 N–H and O–H groups in total. The van der Waals surface area contributed by atoms with Gasteiger partial charge in [0.05, 0.1) is 11.8 Å². The Balaban J connectivity index is 2.19. The first-order chi connectivity index (χ1) is 14.3. The van der Waals surface area contributed by atoms with E-state index in [4.69, 9.17) is 10.5 Å². The van der Waals surface area contributed by atoms with E-state index in [0.717, 1.165) is 10.6 Å². The molecule has 0 radical (unpaired) electrons. The van der Waals surface area contributed by atoms with Gasteiger partial charge in [0.25, 0.3) is 0 Å². The molecule has 0 aromatic heterocycles. The fourth-order valence-electron chi connectivity index (χ4n) is 3.80. The Labute approximate surface area is 175 Å². The number of ketones is 1. The second-order valence-electron chi connectivity index (χ2n) is 7.50. The summed E-state index contributed by atoms with van der Waals surface area (Å²) in [6.45, 7) is 5.15. The Morgan fingerprint density at radius 2 is 1.57 bits per heavy atom. The van der Waals surface area contributed by atoms with Gasteiger partial charge in [-0.05, 0) is 26.3 Å². The molecule has 0 saturated heterocycles. The Kier molecular flexibility index (Phi) is 6.30. The van der Waals surface area contributed by atoms with Crippen LogP contribution in [-0.2, 0) is 9.53 Å². The lowest BCUT2D eigenvalue weighted by molar-refractivity contribution is -0.151. The predicted octanol–water partition coefficient (Wildman–Crippen LogP) is 3.36. The summed E-state index contributed by atoms with van der Waals surface area (Å²) in [4.78, 5) is 38.8. The molecule has 0 aliphatic carbocycles. The number of ether oxygens (including phenoxy) is 1. The van der Waals surface area contributed by atoms with Crippen molar-refractivity contribution in [3.8, 4) is 0 Å². The number of Topliss-reactive ketones (excluding diaryl/α,β-unsaturated/α-hetero) is 1. The molecule has 0 bridgehead atoms. The quantitative estimate of drug-likeness (QED) is 0.606. The topological polar surface area (TPSA) is 102 Å². The number of amides is 2. The van der Waals surface area contributed by atoms with Crippen molar-refractivity contribution < 1.29 is 19.1 Å². The maximum atomic E-state index is 13.5. The van der Waals surface area contributed by atoms with E-state index in [-0.39, 0.29) is 11.9 Å². The Hall–Kier alpha value is -3.48. The van der Waals surface area contributed by atoms with Gasteiger partial charge >= 0.3 is 12.0 Å². The lowest BCUT2D eigenvalue weighted by Gasteiger charge is -2.40. The summed E-state index contributed by atoms with van der Waals surface area (Å²) < 4.78 is 5.48. The van der Waals surface area contributed by atoms with Gasteiger partial charge in [-0.15, -0.1) is 0 Å². The number of nitrogens with zero attached hydrogens (tertiary/aromatic N) is 2. The van der Waals surface area contributed by atoms with Crippen LogP contribution in [0.1, 0.15) is 42.6 Å². The SMILES string of the molecule is CC1=NN(C(N)=O)C(C(=O)c2ccccc2)C(c2ccccc2)C1C(=O)OC(C)C. The number of rotatable bonds is 5. The Morgan fingerprint density at radius 3 is 2.10 bits per heavy atom. The van der Waals surface area contributed by atoms with Gasteiger partial charge in [0.2, 0.25) is 0 Å². The van der Waals surface area contributed by atoms with E-state index in [1.165, 1.54) is 0 Å². The van der Waals surface area contributed by atoms with Gasteiger partial charge in [-0.2, -0.15) is 5.10 Å². The third kappa shape index (κ3) is 4.25. The fraction of sp³-hybridized carbons (Fsp3) is 0.304. The molecule has 3 rings (SSSR count). The van der Waals surface area contributed by atoms with Crippen molar-refractivity contribution in [2.45, 2.75) is 38.8 Å². The summed E-state index contributed by atoms with van der Waals surface area (Å²) in [6, 6.07) is 15.8. The fourth-order valence-corrected chi connectivity index (χ4v) is 3.80. The normalized spacial score (nSPS) is 21.1. The van der Waals surface area contributed by atoms with Gasteiger partial charge in [0.1, 0.15) is 12.0 Å². The van der Waals surface area contributed by atoms with Crippen molar-refractivity contribution in [2.75, 3.05) is 0 Å². The third-order valence-corrected chi connectivity index (χ3v) is 5.02. The standard InChI is InChI=1S/C23H25N3O4/c1-14(2)30-22(28)18-15(3)25-26(23(24)29)20(19(18)16-10-6-4-7-11-16)21(27)17-12-8-5-9-13-17/h4-14,18-20H,1-3H3,(H2,24,29). The van der Waals surface area contributed by atoms with Crippen LogP contribution in [0.3, 0.4) is 0 Å². The maximum Gasteiger partial charge on any atom is 0.335 e. The van der Waals surface area contributed by atoms with Crippen LogP contribution in [0.4, 0.5) is 4.79 Å². The van der Waals surface area contributed by atoms with E-state index < -0.39 is 29.9 Å². The third-order valence-electron chi connectivity index (χ3n) is 5.02. The molecular weight excluding hydrogens is 382 g/mol. The van der Waals surface area contributed by atoms with Crippen LogP contribution in [0.5, 0.6) is 0 Å². The number of hydrogen-bond acceptors (Lipinski definition) is 5. The predicted molar refractivity (Wildman–Crippen MR) is 113 cm³/mol. The van der Waals surface area contributed by atoms with Gasteiger partial charge in [-0.3, -0.25) is 9.59 Å². The Bertz CT molecular complexity index is 957. The number of hydrazone groups is 1. The highest BCUT2D eigenvalue weighted by atomic mass is 16.5. The van der Waals surface area contributed by atoms with Crippen LogP contribution in [0.25, 0.3) is 0 Å². The van der Waals surface area contributed by atoms with E-state index in [1.807, 2.05) is 30.3 Å². The van der Waals surface area contributed by atoms with Gasteiger partial charge < -0.3 is 10.5 Å². The highest BCUT2D eigenvalue weighted by molar-refractivity contribution is 6.08. The van der Waals surface area contributed by atoms with Gasteiger partial charge in [-0.25, -0.2) is 9.80 Å². The highest BCUT2D eigenvalue weighted by Gasteiger charge is 2.49. The minimum Gasteiger partial charge on any atom is -0.462 e. The van der Waals surface area contributed by atoms with Crippen molar-refractivity contribution in [3.63, 3.8) is 0 Å². The molecule has 7 nitrogen and oxygen atoms in total. The van der Waals surface area contributed by atoms with Gasteiger partial charge in [0, 0.05) is 11.5 Å². The molecule has 1 aliphatic heterocycles. The van der Waals surface area contributed by atoms with Crippen LogP contribution >= 0.6 is 0 Å². The average Bonchev–Trinajstić information content (AvgIpc) is 2.73. The molecule has 0 saturated carbocycles. The smallest absolute Gasteiger partial charge is 0.335 e. The largest absolute Gasteiger partial charge is 0.462 e. The van der Waals surface area contributed by atoms with Crippen molar-refractivity contribution in [1.29, 1.82) is 0 Å². The summed E-state index contributed by atoms with van der Waals surface area (Å²) in [5, 5.41) is 5.24. The van der Waals surface area contributed by atoms with E-state index in [1.54, 1.807) is 51.1 Å². The van der Waals surface area contributed by atoms with Crippen LogP contribution in [0.2, 0.25) is 0 Å². The van der Waals surface area contributed by atoms with Gasteiger partial charge in [0.15, 0.2) is 5.78 Å². The number of hydrogen-bond donors (Lipinski definition) is 1. The van der Waals surface area contributed by atoms with E-state index >= 15 is 0 Å². The molecule has 2 aromatic rings. The molecule has 2 aromatic carbocycles. The highest BCUT2D eigenvalue weighted by Crippen LogP contribution is 2.38. The number of carbonyl (C=O) groups is 3. The molecular formula is C23H25N3O4. The molecule has 1 aliphatic rings. The minimum absolute atomic E-state index is 0.334. The molecule has 156 valence electrons. The molecule has 3 atom stereocenters. The first-order valence-electron chi connectivity index (χ1n) is 9.79. The molecule has 7 heteroatoms. The van der Waals surface area contributed by atoms with Crippen molar-refractivity contribution >= 4 is 23.5 Å². The van der Waals surface area contributed by atoms with E-state index in [2.05, 4.69) is 5.10 Å². The molecule has 0 spiro atoms. The summed E-state index contributed by atoms with van der Waals surface area (Å²) in [6.07, 6.45) is -0.334. The first kappa shape index (κ1) is 21.2.